The molecule has 0 spiro atoms. The molecule has 0 saturated heterocycles. The molecule has 0 unspecified atom stereocenters. The fourth-order valence-electron chi connectivity index (χ4n) is 3.42. The second-order valence-electron chi connectivity index (χ2n) is 6.99. The van der Waals surface area contributed by atoms with E-state index in [0.717, 1.165) is 34.4 Å². The summed E-state index contributed by atoms with van der Waals surface area (Å²) in [6, 6.07) is 19.5. The summed E-state index contributed by atoms with van der Waals surface area (Å²) in [6.45, 7) is 2.78. The lowest BCUT2D eigenvalue weighted by atomic mass is 9.88. The first-order chi connectivity index (χ1) is 14.8. The van der Waals surface area contributed by atoms with Crippen LogP contribution in [0.1, 0.15) is 35.6 Å². The van der Waals surface area contributed by atoms with E-state index in [1.54, 1.807) is 24.3 Å². The van der Waals surface area contributed by atoms with Crippen molar-refractivity contribution in [2.24, 2.45) is 5.73 Å². The molecule has 0 radical (unpaired) electrons. The molecule has 3 N–H and O–H groups in total. The van der Waals surface area contributed by atoms with Crippen LogP contribution in [0.2, 0.25) is 0 Å². The lowest BCUT2D eigenvalue weighted by Crippen LogP contribution is -2.10. The van der Waals surface area contributed by atoms with Crippen molar-refractivity contribution in [2.75, 3.05) is 13.2 Å². The van der Waals surface area contributed by atoms with Gasteiger partial charge in [0.15, 0.2) is 0 Å². The van der Waals surface area contributed by atoms with Gasteiger partial charge in [-0.25, -0.2) is 0 Å². The number of benzene rings is 3. The molecule has 0 aliphatic heterocycles. The van der Waals surface area contributed by atoms with Gasteiger partial charge in [-0.15, -0.1) is 0 Å². The standard InChI is InChI=1S/C25H24F3NO2/c1-2-23(17-3-9-20(10-4-17)25(26,27)28)24(18-5-11-21(30)12-6-18)19-7-13-22(14-8-19)31-16-15-29/h3-14,30H,2,15-16,29H2,1H3/b24-23-. The highest BCUT2D eigenvalue weighted by molar-refractivity contribution is 5.98. The van der Waals surface area contributed by atoms with Gasteiger partial charge < -0.3 is 15.6 Å². The third-order valence-electron chi connectivity index (χ3n) is 4.90. The number of allylic oxidation sites excluding steroid dienone is 1. The van der Waals surface area contributed by atoms with Gasteiger partial charge in [-0.3, -0.25) is 0 Å². The average Bonchev–Trinajstić information content (AvgIpc) is 2.77. The van der Waals surface area contributed by atoms with E-state index in [1.165, 1.54) is 12.1 Å². The summed E-state index contributed by atoms with van der Waals surface area (Å²) in [4.78, 5) is 0. The fourth-order valence-corrected chi connectivity index (χ4v) is 3.42. The SMILES string of the molecule is CC/C(=C(\c1ccc(O)cc1)c1ccc(OCCN)cc1)c1ccc(C(F)(F)F)cc1. The molecule has 0 aromatic heterocycles. The minimum absolute atomic E-state index is 0.140. The van der Waals surface area contributed by atoms with Gasteiger partial charge in [0.05, 0.1) is 5.56 Å². The molecule has 0 fully saturated rings. The van der Waals surface area contributed by atoms with E-state index in [2.05, 4.69) is 0 Å². The monoisotopic (exact) mass is 427 g/mol. The predicted octanol–water partition coefficient (Wildman–Crippen LogP) is 6.12. The first-order valence-electron chi connectivity index (χ1n) is 9.97. The highest BCUT2D eigenvalue weighted by atomic mass is 19.4. The van der Waals surface area contributed by atoms with Gasteiger partial charge in [0.25, 0.3) is 0 Å². The van der Waals surface area contributed by atoms with E-state index >= 15 is 0 Å². The smallest absolute Gasteiger partial charge is 0.416 e. The number of phenolic OH excluding ortho intramolecular Hbond substituents is 1. The van der Waals surface area contributed by atoms with Crippen LogP contribution in [0.5, 0.6) is 11.5 Å². The van der Waals surface area contributed by atoms with E-state index in [0.29, 0.717) is 30.9 Å². The molecule has 3 rings (SSSR count). The summed E-state index contributed by atoms with van der Waals surface area (Å²) >= 11 is 0. The van der Waals surface area contributed by atoms with Crippen molar-refractivity contribution in [3.8, 4) is 11.5 Å². The summed E-state index contributed by atoms with van der Waals surface area (Å²) in [5, 5.41) is 9.70. The molecule has 0 amide bonds. The van der Waals surface area contributed by atoms with Crippen molar-refractivity contribution in [1.29, 1.82) is 0 Å². The van der Waals surface area contributed by atoms with E-state index in [-0.39, 0.29) is 5.75 Å². The van der Waals surface area contributed by atoms with Crippen molar-refractivity contribution in [1.82, 2.24) is 0 Å². The fraction of sp³-hybridized carbons (Fsp3) is 0.200. The molecule has 6 heteroatoms. The quantitative estimate of drug-likeness (QED) is 0.447. The average molecular weight is 427 g/mol. The van der Waals surface area contributed by atoms with E-state index in [9.17, 15) is 18.3 Å². The Balaban J connectivity index is 2.13. The topological polar surface area (TPSA) is 55.5 Å². The Morgan fingerprint density at radius 2 is 1.35 bits per heavy atom. The van der Waals surface area contributed by atoms with Gasteiger partial charge in [0, 0.05) is 6.54 Å². The first-order valence-corrected chi connectivity index (χ1v) is 9.97. The van der Waals surface area contributed by atoms with Crippen LogP contribution >= 0.6 is 0 Å². The van der Waals surface area contributed by atoms with Crippen LogP contribution in [0.4, 0.5) is 13.2 Å². The zero-order valence-corrected chi connectivity index (χ0v) is 17.1. The molecule has 0 heterocycles. The summed E-state index contributed by atoms with van der Waals surface area (Å²) in [7, 11) is 0. The van der Waals surface area contributed by atoms with Crippen LogP contribution in [0.3, 0.4) is 0 Å². The second kappa shape index (κ2) is 9.71. The Kier molecular flexibility index (Phi) is 7.02. The number of ether oxygens (including phenoxy) is 1. The zero-order valence-electron chi connectivity index (χ0n) is 17.1. The largest absolute Gasteiger partial charge is 0.508 e. The van der Waals surface area contributed by atoms with Gasteiger partial charge in [-0.1, -0.05) is 43.3 Å². The molecule has 3 aromatic carbocycles. The Hall–Kier alpha value is -3.25. The summed E-state index contributed by atoms with van der Waals surface area (Å²) in [6.07, 6.45) is -3.78. The van der Waals surface area contributed by atoms with Crippen LogP contribution in [0.25, 0.3) is 11.1 Å². The van der Waals surface area contributed by atoms with Crippen LogP contribution in [0.15, 0.2) is 72.8 Å². The maximum atomic E-state index is 13.0. The summed E-state index contributed by atoms with van der Waals surface area (Å²) < 4.78 is 44.5. The molecule has 31 heavy (non-hydrogen) atoms. The minimum atomic E-state index is -4.38. The Morgan fingerprint density at radius 3 is 1.84 bits per heavy atom. The number of hydrogen-bond acceptors (Lipinski definition) is 3. The number of rotatable bonds is 7. The predicted molar refractivity (Wildman–Crippen MR) is 117 cm³/mol. The van der Waals surface area contributed by atoms with Crippen LogP contribution < -0.4 is 10.5 Å². The number of alkyl halides is 3. The minimum Gasteiger partial charge on any atom is -0.508 e. The lowest BCUT2D eigenvalue weighted by molar-refractivity contribution is -0.137. The van der Waals surface area contributed by atoms with Crippen molar-refractivity contribution in [2.45, 2.75) is 19.5 Å². The summed E-state index contributed by atoms with van der Waals surface area (Å²) in [5.74, 6) is 0.827. The van der Waals surface area contributed by atoms with Gasteiger partial charge in [-0.2, -0.15) is 13.2 Å². The lowest BCUT2D eigenvalue weighted by Gasteiger charge is -2.17. The number of aromatic hydroxyl groups is 1. The molecule has 162 valence electrons. The molecular weight excluding hydrogens is 403 g/mol. The van der Waals surface area contributed by atoms with E-state index < -0.39 is 11.7 Å². The van der Waals surface area contributed by atoms with E-state index in [4.69, 9.17) is 10.5 Å². The molecule has 0 aliphatic rings. The number of halogens is 3. The van der Waals surface area contributed by atoms with Crippen molar-refractivity contribution >= 4 is 11.1 Å². The van der Waals surface area contributed by atoms with Crippen molar-refractivity contribution in [3.63, 3.8) is 0 Å². The zero-order chi connectivity index (χ0) is 22.4. The maximum Gasteiger partial charge on any atom is 0.416 e. The molecule has 0 bridgehead atoms. The first kappa shape index (κ1) is 22.4. The van der Waals surface area contributed by atoms with Crippen molar-refractivity contribution < 1.29 is 23.0 Å². The molecule has 3 aromatic rings. The number of phenols is 1. The van der Waals surface area contributed by atoms with Gasteiger partial charge in [0.2, 0.25) is 0 Å². The Labute approximate surface area is 179 Å². The highest BCUT2D eigenvalue weighted by Crippen LogP contribution is 2.37. The van der Waals surface area contributed by atoms with Gasteiger partial charge in [-0.05, 0) is 70.7 Å². The second-order valence-corrected chi connectivity index (χ2v) is 6.99. The van der Waals surface area contributed by atoms with Crippen LogP contribution in [-0.4, -0.2) is 18.3 Å². The third kappa shape index (κ3) is 5.47. The molecule has 0 atom stereocenters. The molecule has 0 saturated carbocycles. The van der Waals surface area contributed by atoms with Crippen LogP contribution in [0, 0.1) is 0 Å². The number of hydrogen-bond donors (Lipinski definition) is 2. The van der Waals surface area contributed by atoms with Crippen molar-refractivity contribution in [3.05, 3.63) is 95.1 Å². The molecule has 3 nitrogen and oxygen atoms in total. The third-order valence-corrected chi connectivity index (χ3v) is 4.90. The van der Waals surface area contributed by atoms with Crippen LogP contribution in [-0.2, 0) is 6.18 Å². The Morgan fingerprint density at radius 1 is 0.839 bits per heavy atom. The normalized spacial score (nSPS) is 12.4. The molecular formula is C25H24F3NO2. The molecule has 0 aliphatic carbocycles. The van der Waals surface area contributed by atoms with E-state index in [1.807, 2.05) is 31.2 Å². The highest BCUT2D eigenvalue weighted by Gasteiger charge is 2.30. The summed E-state index contributed by atoms with van der Waals surface area (Å²) in [5.41, 5.74) is 9.03. The van der Waals surface area contributed by atoms with Gasteiger partial charge in [0.1, 0.15) is 18.1 Å². The Bertz CT molecular complexity index is 1020. The number of nitrogens with two attached hydrogens (primary N) is 1. The maximum absolute atomic E-state index is 13.0. The van der Waals surface area contributed by atoms with Gasteiger partial charge >= 0.3 is 6.18 Å².